The quantitative estimate of drug-likeness (QED) is 0.266. The summed E-state index contributed by atoms with van der Waals surface area (Å²) >= 11 is 1.55. The lowest BCUT2D eigenvalue weighted by molar-refractivity contribution is -0.387. The minimum Gasteiger partial charge on any atom is -0.469 e. The van der Waals surface area contributed by atoms with Crippen molar-refractivity contribution in [1.82, 2.24) is 4.98 Å². The van der Waals surface area contributed by atoms with Crippen LogP contribution in [0.25, 0.3) is 0 Å². The molecule has 9 heteroatoms. The number of ether oxygens (including phenoxy) is 1. The van der Waals surface area contributed by atoms with E-state index in [-0.39, 0.29) is 9.26 Å². The van der Waals surface area contributed by atoms with Crippen LogP contribution in [-0.2, 0) is 16.0 Å². The van der Waals surface area contributed by atoms with Gasteiger partial charge in [0, 0.05) is 11.8 Å². The van der Waals surface area contributed by atoms with Gasteiger partial charge in [0.2, 0.25) is 0 Å². The molecule has 6 nitrogen and oxygen atoms in total. The number of methoxy groups -OCH3 is 1. The monoisotopic (exact) mass is 372 g/mol. The Bertz CT molecular complexity index is 496. The SMILES string of the molecule is COC(=O)Cc1c(C(F)F)cnc(I)c1[N+](=O)[O-]. The molecule has 0 atom stereocenters. The second kappa shape index (κ2) is 5.98. The van der Waals surface area contributed by atoms with Crippen molar-refractivity contribution < 1.29 is 23.2 Å². The Morgan fingerprint density at radius 3 is 2.72 bits per heavy atom. The number of esters is 1. The summed E-state index contributed by atoms with van der Waals surface area (Å²) < 4.78 is 29.8. The van der Waals surface area contributed by atoms with E-state index in [0.717, 1.165) is 13.3 Å². The Kier molecular flexibility index (Phi) is 4.87. The van der Waals surface area contributed by atoms with Crippen LogP contribution >= 0.6 is 22.6 Å². The van der Waals surface area contributed by atoms with Gasteiger partial charge in [-0.25, -0.2) is 13.8 Å². The van der Waals surface area contributed by atoms with Gasteiger partial charge >= 0.3 is 11.7 Å². The molecule has 0 unspecified atom stereocenters. The summed E-state index contributed by atoms with van der Waals surface area (Å²) in [7, 11) is 1.07. The van der Waals surface area contributed by atoms with Crippen LogP contribution in [0.4, 0.5) is 14.5 Å². The lowest BCUT2D eigenvalue weighted by atomic mass is 10.1. The van der Waals surface area contributed by atoms with E-state index in [2.05, 4.69) is 9.72 Å². The Labute approximate surface area is 114 Å². The average Bonchev–Trinajstić information content (AvgIpc) is 2.27. The molecule has 1 aromatic rings. The van der Waals surface area contributed by atoms with Crippen molar-refractivity contribution in [3.63, 3.8) is 0 Å². The minimum absolute atomic E-state index is 0.0547. The zero-order valence-electron chi connectivity index (χ0n) is 9.02. The molecular weight excluding hydrogens is 365 g/mol. The van der Waals surface area contributed by atoms with E-state index in [1.54, 1.807) is 22.6 Å². The first-order chi connectivity index (χ1) is 8.38. The molecule has 0 spiro atoms. The second-order valence-electron chi connectivity index (χ2n) is 3.14. The van der Waals surface area contributed by atoms with Gasteiger partial charge in [-0.2, -0.15) is 0 Å². The molecule has 0 amide bonds. The topological polar surface area (TPSA) is 82.3 Å². The standard InChI is InChI=1S/C9H7F2IN2O4/c1-18-6(15)2-4-5(8(10)11)3-13-9(12)7(4)14(16)17/h3,8H,2H2,1H3. The number of hydrogen-bond acceptors (Lipinski definition) is 5. The van der Waals surface area contributed by atoms with Crippen molar-refractivity contribution in [2.45, 2.75) is 12.8 Å². The summed E-state index contributed by atoms with van der Waals surface area (Å²) in [6, 6.07) is 0. The highest BCUT2D eigenvalue weighted by molar-refractivity contribution is 14.1. The van der Waals surface area contributed by atoms with E-state index in [9.17, 15) is 23.7 Å². The predicted molar refractivity (Wildman–Crippen MR) is 64.3 cm³/mol. The van der Waals surface area contributed by atoms with Crippen LogP contribution in [0.5, 0.6) is 0 Å². The van der Waals surface area contributed by atoms with E-state index < -0.39 is 35.0 Å². The van der Waals surface area contributed by atoms with Gasteiger partial charge in [0.1, 0.15) is 0 Å². The molecule has 0 bridgehead atoms. The van der Waals surface area contributed by atoms with Crippen molar-refractivity contribution >= 4 is 34.2 Å². The molecule has 0 radical (unpaired) electrons. The largest absolute Gasteiger partial charge is 0.469 e. The number of rotatable bonds is 4. The molecule has 0 N–H and O–H groups in total. The van der Waals surface area contributed by atoms with Crippen molar-refractivity contribution in [3.05, 3.63) is 31.1 Å². The summed E-state index contributed by atoms with van der Waals surface area (Å²) in [6.45, 7) is 0. The average molecular weight is 372 g/mol. The van der Waals surface area contributed by atoms with Crippen molar-refractivity contribution in [2.24, 2.45) is 0 Å². The smallest absolute Gasteiger partial charge is 0.310 e. The first-order valence-corrected chi connectivity index (χ1v) is 5.63. The van der Waals surface area contributed by atoms with E-state index >= 15 is 0 Å². The highest BCUT2D eigenvalue weighted by Gasteiger charge is 2.28. The third-order valence-corrected chi connectivity index (χ3v) is 2.90. The molecule has 0 aliphatic carbocycles. The first kappa shape index (κ1) is 14.7. The van der Waals surface area contributed by atoms with E-state index in [4.69, 9.17) is 0 Å². The lowest BCUT2D eigenvalue weighted by Gasteiger charge is -2.09. The maximum Gasteiger partial charge on any atom is 0.310 e. The number of aromatic nitrogens is 1. The number of alkyl halides is 2. The van der Waals surface area contributed by atoms with Crippen molar-refractivity contribution in [3.8, 4) is 0 Å². The second-order valence-corrected chi connectivity index (χ2v) is 4.16. The molecule has 0 saturated carbocycles. The summed E-state index contributed by atoms with van der Waals surface area (Å²) in [5, 5.41) is 10.9. The zero-order valence-corrected chi connectivity index (χ0v) is 11.2. The van der Waals surface area contributed by atoms with Gasteiger partial charge in [-0.3, -0.25) is 14.9 Å². The third kappa shape index (κ3) is 3.09. The lowest BCUT2D eigenvalue weighted by Crippen LogP contribution is -2.12. The molecule has 0 fully saturated rings. The molecule has 18 heavy (non-hydrogen) atoms. The molecule has 1 aromatic heterocycles. The van der Waals surface area contributed by atoms with E-state index in [1.165, 1.54) is 0 Å². The van der Waals surface area contributed by atoms with Crippen LogP contribution in [0.3, 0.4) is 0 Å². The van der Waals surface area contributed by atoms with Gasteiger partial charge in [0.05, 0.1) is 24.0 Å². The molecular formula is C9H7F2IN2O4. The van der Waals surface area contributed by atoms with Gasteiger partial charge in [0.25, 0.3) is 6.43 Å². The predicted octanol–water partition coefficient (Wildman–Crippen LogP) is 2.25. The van der Waals surface area contributed by atoms with E-state index in [0.29, 0.717) is 0 Å². The summed E-state index contributed by atoms with van der Waals surface area (Å²) in [5.74, 6) is -0.831. The number of carbonyl (C=O) groups is 1. The van der Waals surface area contributed by atoms with E-state index in [1.807, 2.05) is 0 Å². The zero-order chi connectivity index (χ0) is 13.9. The molecule has 0 aliphatic heterocycles. The maximum absolute atomic E-state index is 12.7. The maximum atomic E-state index is 12.7. The molecule has 1 heterocycles. The Hall–Kier alpha value is -1.39. The van der Waals surface area contributed by atoms with Crippen molar-refractivity contribution in [1.29, 1.82) is 0 Å². The number of carbonyl (C=O) groups excluding carboxylic acids is 1. The third-order valence-electron chi connectivity index (χ3n) is 2.11. The highest BCUT2D eigenvalue weighted by atomic mass is 127. The van der Waals surface area contributed by atoms with Crippen LogP contribution in [0.1, 0.15) is 17.6 Å². The van der Waals surface area contributed by atoms with Gasteiger partial charge < -0.3 is 4.74 Å². The Morgan fingerprint density at radius 2 is 2.28 bits per heavy atom. The minimum atomic E-state index is -2.95. The molecule has 0 saturated heterocycles. The fraction of sp³-hybridized carbons (Fsp3) is 0.333. The number of halogens is 3. The molecule has 98 valence electrons. The number of hydrogen-bond donors (Lipinski definition) is 0. The van der Waals surface area contributed by atoms with Crippen LogP contribution in [-0.4, -0.2) is 23.0 Å². The summed E-state index contributed by atoms with van der Waals surface area (Å²) in [4.78, 5) is 24.7. The van der Waals surface area contributed by atoms with Gasteiger partial charge in [-0.05, 0) is 22.6 Å². The number of nitro groups is 1. The van der Waals surface area contributed by atoms with Crippen LogP contribution in [0.2, 0.25) is 0 Å². The molecule has 0 aliphatic rings. The molecule has 0 aromatic carbocycles. The first-order valence-electron chi connectivity index (χ1n) is 4.55. The van der Waals surface area contributed by atoms with Gasteiger partial charge in [0.15, 0.2) is 3.70 Å². The Morgan fingerprint density at radius 1 is 1.67 bits per heavy atom. The Balaban J connectivity index is 3.43. The normalized spacial score (nSPS) is 10.5. The van der Waals surface area contributed by atoms with Gasteiger partial charge in [-0.1, -0.05) is 0 Å². The van der Waals surface area contributed by atoms with Crippen LogP contribution in [0.15, 0.2) is 6.20 Å². The highest BCUT2D eigenvalue weighted by Crippen LogP contribution is 2.32. The van der Waals surface area contributed by atoms with Crippen molar-refractivity contribution in [2.75, 3.05) is 7.11 Å². The fourth-order valence-corrected chi connectivity index (χ4v) is 1.96. The van der Waals surface area contributed by atoms with Crippen LogP contribution < -0.4 is 0 Å². The fourth-order valence-electron chi connectivity index (χ4n) is 1.30. The summed E-state index contributed by atoms with van der Waals surface area (Å²) in [6.07, 6.45) is -2.71. The summed E-state index contributed by atoms with van der Waals surface area (Å²) in [5.41, 5.74) is -1.58. The van der Waals surface area contributed by atoms with Crippen LogP contribution in [0, 0.1) is 13.8 Å². The number of pyridine rings is 1. The molecule has 1 rings (SSSR count). The van der Waals surface area contributed by atoms with Gasteiger partial charge in [-0.15, -0.1) is 0 Å². The number of nitrogens with zero attached hydrogens (tertiary/aromatic N) is 2.